The van der Waals surface area contributed by atoms with Crippen LogP contribution in [0.2, 0.25) is 0 Å². The lowest BCUT2D eigenvalue weighted by molar-refractivity contribution is 0.0208. The first-order valence-electron chi connectivity index (χ1n) is 8.33. The number of sulfonamides is 1. The average Bonchev–Trinajstić information content (AvgIpc) is 2.89. The van der Waals surface area contributed by atoms with E-state index in [1.54, 1.807) is 6.92 Å². The molecule has 0 bridgehead atoms. The Morgan fingerprint density at radius 3 is 2.42 bits per heavy atom. The number of hydrogen-bond acceptors (Lipinski definition) is 7. The lowest BCUT2D eigenvalue weighted by Gasteiger charge is -2.31. The standard InChI is InChI=1S/C16H26N2O6S.ClH/c1-11-14(16(19)22-3)15(12(2)24-11)25(20,21)18-8-5-13(6-9-18)23-10-4-7-17;/h13H,4-10,17H2,1-3H3;1H. The number of nitrogens with two attached hydrogens (primary N) is 1. The first kappa shape index (κ1) is 22.9. The summed E-state index contributed by atoms with van der Waals surface area (Å²) in [5.41, 5.74) is 5.41. The minimum absolute atomic E-state index is 0. The van der Waals surface area contributed by atoms with E-state index >= 15 is 0 Å². The van der Waals surface area contributed by atoms with Gasteiger partial charge in [-0.15, -0.1) is 12.4 Å². The monoisotopic (exact) mass is 410 g/mol. The van der Waals surface area contributed by atoms with Crippen molar-refractivity contribution < 1.29 is 27.1 Å². The summed E-state index contributed by atoms with van der Waals surface area (Å²) in [7, 11) is -2.63. The first-order valence-corrected chi connectivity index (χ1v) is 9.77. The lowest BCUT2D eigenvalue weighted by Crippen LogP contribution is -2.41. The molecule has 10 heteroatoms. The van der Waals surface area contributed by atoms with Crippen LogP contribution in [0, 0.1) is 13.8 Å². The van der Waals surface area contributed by atoms with E-state index in [1.165, 1.54) is 18.3 Å². The molecule has 0 amide bonds. The SMILES string of the molecule is COC(=O)c1c(C)oc(C)c1S(=O)(=O)N1CCC(OCCCN)CC1.Cl. The maximum absolute atomic E-state index is 13.0. The molecule has 1 saturated heterocycles. The number of furan rings is 1. The Hall–Kier alpha value is -1.13. The van der Waals surface area contributed by atoms with Gasteiger partial charge < -0.3 is 19.6 Å². The highest BCUT2D eigenvalue weighted by Crippen LogP contribution is 2.31. The second kappa shape index (κ2) is 9.70. The fourth-order valence-electron chi connectivity index (χ4n) is 3.01. The highest BCUT2D eigenvalue weighted by Gasteiger charge is 2.37. The van der Waals surface area contributed by atoms with Crippen LogP contribution in [0.5, 0.6) is 0 Å². The molecule has 26 heavy (non-hydrogen) atoms. The zero-order chi connectivity index (χ0) is 18.6. The third-order valence-electron chi connectivity index (χ3n) is 4.30. The summed E-state index contributed by atoms with van der Waals surface area (Å²) in [6, 6.07) is 0. The van der Waals surface area contributed by atoms with E-state index < -0.39 is 16.0 Å². The predicted octanol–water partition coefficient (Wildman–Crippen LogP) is 1.62. The van der Waals surface area contributed by atoms with Gasteiger partial charge in [0.25, 0.3) is 0 Å². The number of rotatable bonds is 7. The maximum atomic E-state index is 13.0. The van der Waals surface area contributed by atoms with Crippen molar-refractivity contribution in [2.45, 2.75) is 44.1 Å². The number of piperidine rings is 1. The Bertz CT molecular complexity index is 711. The Labute approximate surface area is 160 Å². The van der Waals surface area contributed by atoms with Gasteiger partial charge >= 0.3 is 5.97 Å². The molecule has 0 unspecified atom stereocenters. The average molecular weight is 411 g/mol. The number of halogens is 1. The number of esters is 1. The second-order valence-electron chi connectivity index (χ2n) is 6.03. The van der Waals surface area contributed by atoms with Crippen molar-refractivity contribution >= 4 is 28.4 Å². The highest BCUT2D eigenvalue weighted by molar-refractivity contribution is 7.89. The molecule has 2 N–H and O–H groups in total. The maximum Gasteiger partial charge on any atom is 0.342 e. The van der Waals surface area contributed by atoms with E-state index in [0.29, 0.717) is 39.1 Å². The normalized spacial score (nSPS) is 16.3. The van der Waals surface area contributed by atoms with Gasteiger partial charge in [-0.2, -0.15) is 4.31 Å². The molecule has 0 spiro atoms. The minimum Gasteiger partial charge on any atom is -0.465 e. The molecule has 8 nitrogen and oxygen atoms in total. The van der Waals surface area contributed by atoms with Crippen LogP contribution in [-0.2, 0) is 19.5 Å². The van der Waals surface area contributed by atoms with Crippen molar-refractivity contribution in [2.75, 3.05) is 33.4 Å². The highest BCUT2D eigenvalue weighted by atomic mass is 35.5. The Kier molecular flexibility index (Phi) is 8.55. The lowest BCUT2D eigenvalue weighted by atomic mass is 10.1. The zero-order valence-corrected chi connectivity index (χ0v) is 17.0. The van der Waals surface area contributed by atoms with Crippen LogP contribution in [0.25, 0.3) is 0 Å². The third-order valence-corrected chi connectivity index (χ3v) is 6.35. The van der Waals surface area contributed by atoms with Crippen LogP contribution in [-0.4, -0.2) is 58.1 Å². The number of hydrogen-bond donors (Lipinski definition) is 1. The number of aryl methyl sites for hydroxylation is 2. The Morgan fingerprint density at radius 1 is 1.27 bits per heavy atom. The predicted molar refractivity (Wildman–Crippen MR) is 98.2 cm³/mol. The second-order valence-corrected chi connectivity index (χ2v) is 7.90. The smallest absolute Gasteiger partial charge is 0.342 e. The van der Waals surface area contributed by atoms with Crippen LogP contribution in [0.4, 0.5) is 0 Å². The van der Waals surface area contributed by atoms with Crippen LogP contribution >= 0.6 is 12.4 Å². The number of carbonyl (C=O) groups excluding carboxylic acids is 1. The van der Waals surface area contributed by atoms with Gasteiger partial charge in [0.2, 0.25) is 10.0 Å². The van der Waals surface area contributed by atoms with Gasteiger partial charge in [-0.1, -0.05) is 0 Å². The number of ether oxygens (including phenoxy) is 2. The minimum atomic E-state index is -3.84. The Balaban J connectivity index is 0.00000338. The van der Waals surface area contributed by atoms with Gasteiger partial charge in [-0.05, 0) is 39.7 Å². The molecule has 0 radical (unpaired) electrons. The van der Waals surface area contributed by atoms with Gasteiger partial charge in [-0.25, -0.2) is 13.2 Å². The van der Waals surface area contributed by atoms with E-state index in [2.05, 4.69) is 0 Å². The zero-order valence-electron chi connectivity index (χ0n) is 15.3. The summed E-state index contributed by atoms with van der Waals surface area (Å²) < 4.78 is 43.2. The van der Waals surface area contributed by atoms with Crippen LogP contribution in [0.3, 0.4) is 0 Å². The van der Waals surface area contributed by atoms with Crippen LogP contribution < -0.4 is 5.73 Å². The summed E-state index contributed by atoms with van der Waals surface area (Å²) >= 11 is 0. The summed E-state index contributed by atoms with van der Waals surface area (Å²) in [5.74, 6) is -0.282. The van der Waals surface area contributed by atoms with Crippen molar-refractivity contribution in [3.8, 4) is 0 Å². The van der Waals surface area contributed by atoms with Crippen molar-refractivity contribution in [1.82, 2.24) is 4.31 Å². The van der Waals surface area contributed by atoms with Crippen molar-refractivity contribution in [2.24, 2.45) is 5.73 Å². The third kappa shape index (κ3) is 4.77. The molecule has 2 heterocycles. The quantitative estimate of drug-likeness (QED) is 0.536. The van der Waals surface area contributed by atoms with Gasteiger partial charge in [0.05, 0.1) is 13.2 Å². The molecule has 1 fully saturated rings. The largest absolute Gasteiger partial charge is 0.465 e. The van der Waals surface area contributed by atoms with Gasteiger partial charge in [0.1, 0.15) is 22.0 Å². The molecular weight excluding hydrogens is 384 g/mol. The van der Waals surface area contributed by atoms with Crippen LogP contribution in [0.15, 0.2) is 9.31 Å². The fourth-order valence-corrected chi connectivity index (χ4v) is 4.85. The van der Waals surface area contributed by atoms with Gasteiger partial charge in [0.15, 0.2) is 0 Å². The molecule has 1 aliphatic rings. The summed E-state index contributed by atoms with van der Waals surface area (Å²) in [6.45, 7) is 4.91. The molecule has 0 aliphatic carbocycles. The molecule has 150 valence electrons. The van der Waals surface area contributed by atoms with E-state index in [1.807, 2.05) is 0 Å². The molecule has 0 saturated carbocycles. The van der Waals surface area contributed by atoms with Gasteiger partial charge in [0, 0.05) is 19.7 Å². The van der Waals surface area contributed by atoms with E-state index in [-0.39, 0.29) is 40.5 Å². The summed E-state index contributed by atoms with van der Waals surface area (Å²) in [4.78, 5) is 11.9. The van der Waals surface area contributed by atoms with Crippen molar-refractivity contribution in [3.05, 3.63) is 17.1 Å². The molecule has 0 aromatic carbocycles. The van der Waals surface area contributed by atoms with Crippen LogP contribution in [0.1, 0.15) is 41.1 Å². The Morgan fingerprint density at radius 2 is 1.88 bits per heavy atom. The molecule has 0 atom stereocenters. The topological polar surface area (TPSA) is 112 Å². The summed E-state index contributed by atoms with van der Waals surface area (Å²) in [5, 5.41) is 0. The van der Waals surface area contributed by atoms with E-state index in [9.17, 15) is 13.2 Å². The number of carbonyl (C=O) groups is 1. The van der Waals surface area contributed by atoms with Gasteiger partial charge in [-0.3, -0.25) is 0 Å². The molecular formula is C16H27ClN2O6S. The van der Waals surface area contributed by atoms with E-state index in [4.69, 9.17) is 19.6 Å². The molecule has 1 aromatic heterocycles. The van der Waals surface area contributed by atoms with E-state index in [0.717, 1.165) is 6.42 Å². The number of methoxy groups -OCH3 is 1. The fraction of sp³-hybridized carbons (Fsp3) is 0.688. The molecule has 2 rings (SSSR count). The molecule has 1 aliphatic heterocycles. The first-order chi connectivity index (χ1) is 11.8. The number of nitrogens with zero attached hydrogens (tertiary/aromatic N) is 1. The van der Waals surface area contributed by atoms with Crippen molar-refractivity contribution in [3.63, 3.8) is 0 Å². The molecule has 1 aromatic rings. The summed E-state index contributed by atoms with van der Waals surface area (Å²) in [6.07, 6.45) is 2.03. The van der Waals surface area contributed by atoms with Crippen molar-refractivity contribution in [1.29, 1.82) is 0 Å².